The van der Waals surface area contributed by atoms with Crippen molar-refractivity contribution in [2.75, 3.05) is 43.4 Å². The summed E-state index contributed by atoms with van der Waals surface area (Å²) in [5.41, 5.74) is 2.11. The van der Waals surface area contributed by atoms with E-state index in [2.05, 4.69) is 19.8 Å². The van der Waals surface area contributed by atoms with Crippen LogP contribution < -0.4 is 9.62 Å². The molecule has 1 saturated heterocycles. The first-order chi connectivity index (χ1) is 15.2. The van der Waals surface area contributed by atoms with Crippen molar-refractivity contribution in [1.82, 2.24) is 19.8 Å². The number of nitrogens with zero attached hydrogens (tertiary/aromatic N) is 4. The lowest BCUT2D eigenvalue weighted by molar-refractivity contribution is 0.180. The molecule has 1 amide bonds. The van der Waals surface area contributed by atoms with Crippen LogP contribution in [-0.2, 0) is 10.0 Å². The molecule has 1 aromatic carbocycles. The van der Waals surface area contributed by atoms with Gasteiger partial charge in [-0.15, -0.1) is 0 Å². The Morgan fingerprint density at radius 1 is 1.31 bits per heavy atom. The minimum absolute atomic E-state index is 0.0737. The smallest absolute Gasteiger partial charge is 0.411 e. The number of benzene rings is 1. The van der Waals surface area contributed by atoms with Crippen molar-refractivity contribution in [2.45, 2.75) is 33.6 Å². The number of piperidine rings is 1. The second-order valence-electron chi connectivity index (χ2n) is 8.14. The highest BCUT2D eigenvalue weighted by atomic mass is 32.2. The molecule has 1 aliphatic heterocycles. The third-order valence-corrected chi connectivity index (χ3v) is 7.11. The van der Waals surface area contributed by atoms with E-state index in [-0.39, 0.29) is 11.7 Å². The Kier molecular flexibility index (Phi) is 7.86. The maximum atomic E-state index is 12.2. The third-order valence-electron chi connectivity index (χ3n) is 5.71. The molecule has 32 heavy (non-hydrogen) atoms. The lowest BCUT2D eigenvalue weighted by Crippen LogP contribution is -2.43. The molecule has 1 aromatic heterocycles. The number of aryl methyl sites for hydroxylation is 2. The Balaban J connectivity index is 1.65. The Morgan fingerprint density at radius 2 is 2.03 bits per heavy atom. The van der Waals surface area contributed by atoms with Gasteiger partial charge in [0.25, 0.3) is 5.89 Å². The minimum atomic E-state index is -3.18. The highest BCUT2D eigenvalue weighted by Gasteiger charge is 2.27. The number of amides is 1. The van der Waals surface area contributed by atoms with Crippen LogP contribution in [0.4, 0.5) is 10.5 Å². The molecule has 2 aromatic rings. The van der Waals surface area contributed by atoms with Gasteiger partial charge in [0, 0.05) is 19.6 Å². The number of aromatic nitrogens is 2. The Bertz CT molecular complexity index is 1030. The van der Waals surface area contributed by atoms with Crippen LogP contribution in [0.3, 0.4) is 0 Å². The topological polar surface area (TPSA) is 129 Å². The number of carbonyl (C=O) groups is 1. The quantitative estimate of drug-likeness (QED) is 0.578. The lowest BCUT2D eigenvalue weighted by Gasteiger charge is -2.34. The molecule has 0 aliphatic carbocycles. The number of anilines is 1. The van der Waals surface area contributed by atoms with Gasteiger partial charge in [0.05, 0.1) is 17.0 Å². The average molecular weight is 466 g/mol. The highest BCUT2D eigenvalue weighted by Crippen LogP contribution is 2.32. The number of sulfonamides is 1. The predicted octanol–water partition coefficient (Wildman–Crippen LogP) is 2.49. The van der Waals surface area contributed by atoms with Crippen LogP contribution in [0.5, 0.6) is 0 Å². The summed E-state index contributed by atoms with van der Waals surface area (Å²) in [4.78, 5) is 20.0. The summed E-state index contributed by atoms with van der Waals surface area (Å²) < 4.78 is 31.0. The maximum Gasteiger partial charge on any atom is 0.411 e. The van der Waals surface area contributed by atoms with Gasteiger partial charge >= 0.3 is 6.09 Å². The molecule has 11 heteroatoms. The molecule has 0 radical (unpaired) electrons. The molecule has 0 saturated carbocycles. The summed E-state index contributed by atoms with van der Waals surface area (Å²) >= 11 is 0. The molecule has 10 nitrogen and oxygen atoms in total. The molecular weight excluding hydrogens is 434 g/mol. The van der Waals surface area contributed by atoms with E-state index in [4.69, 9.17) is 4.52 Å². The number of likely N-dealkylation sites (tertiary alicyclic amines) is 1. The molecule has 0 bridgehead atoms. The second kappa shape index (κ2) is 10.4. The average Bonchev–Trinajstić information content (AvgIpc) is 3.19. The highest BCUT2D eigenvalue weighted by molar-refractivity contribution is 7.89. The summed E-state index contributed by atoms with van der Waals surface area (Å²) in [7, 11) is -3.18. The summed E-state index contributed by atoms with van der Waals surface area (Å²) in [5, 5.41) is 13.8. The van der Waals surface area contributed by atoms with Gasteiger partial charge in [-0.25, -0.2) is 17.9 Å². The van der Waals surface area contributed by atoms with Crippen LogP contribution in [0, 0.1) is 19.8 Å². The summed E-state index contributed by atoms with van der Waals surface area (Å²) in [6, 6.07) is 5.52. The lowest BCUT2D eigenvalue weighted by atomic mass is 9.95. The maximum absolute atomic E-state index is 12.2. The standard InChI is InChI=1S/C21H31N5O5S/c1-4-32(29,30)22-9-12-25-10-7-17(8-11-25)14-26(21(27)28)19-6-5-15(2)13-18(19)20-23-16(3)24-31-20/h5-6,13,17,22H,4,7-12,14H2,1-3H3,(H,27,28). The SMILES string of the molecule is CCS(=O)(=O)NCCN1CCC(CN(C(=O)O)c2ccc(C)cc2-c2nc(C)no2)CC1. The van der Waals surface area contributed by atoms with Crippen molar-refractivity contribution >= 4 is 21.8 Å². The fraction of sp³-hybridized carbons (Fsp3) is 0.571. The Hall–Kier alpha value is -2.50. The molecular formula is C21H31N5O5S. The Morgan fingerprint density at radius 3 is 2.62 bits per heavy atom. The van der Waals surface area contributed by atoms with E-state index in [0.717, 1.165) is 31.5 Å². The molecule has 176 valence electrons. The van der Waals surface area contributed by atoms with Crippen molar-refractivity contribution in [3.63, 3.8) is 0 Å². The van der Waals surface area contributed by atoms with Gasteiger partial charge < -0.3 is 14.5 Å². The zero-order valence-electron chi connectivity index (χ0n) is 18.7. The Labute approximate surface area is 188 Å². The van der Waals surface area contributed by atoms with E-state index >= 15 is 0 Å². The van der Waals surface area contributed by atoms with Gasteiger partial charge in [-0.05, 0) is 64.8 Å². The molecule has 2 N–H and O–H groups in total. The number of carboxylic acid groups (broad SMARTS) is 1. The zero-order chi connectivity index (χ0) is 23.3. The van der Waals surface area contributed by atoms with Crippen LogP contribution in [0.1, 0.15) is 31.2 Å². The predicted molar refractivity (Wildman–Crippen MR) is 121 cm³/mol. The zero-order valence-corrected chi connectivity index (χ0v) is 19.6. The molecule has 1 fully saturated rings. The summed E-state index contributed by atoms with van der Waals surface area (Å²) in [6.07, 6.45) is 0.652. The van der Waals surface area contributed by atoms with E-state index in [1.54, 1.807) is 19.9 Å². The summed E-state index contributed by atoms with van der Waals surface area (Å²) in [5.74, 6) is 1.07. The van der Waals surface area contributed by atoms with Crippen LogP contribution >= 0.6 is 0 Å². The third kappa shape index (κ3) is 6.27. The van der Waals surface area contributed by atoms with Crippen molar-refractivity contribution in [3.05, 3.63) is 29.6 Å². The molecule has 0 atom stereocenters. The van der Waals surface area contributed by atoms with Crippen LogP contribution in [0.15, 0.2) is 22.7 Å². The van der Waals surface area contributed by atoms with Gasteiger partial charge in [-0.3, -0.25) is 4.90 Å². The van der Waals surface area contributed by atoms with Gasteiger partial charge in [0.15, 0.2) is 5.82 Å². The van der Waals surface area contributed by atoms with Crippen LogP contribution in [0.25, 0.3) is 11.5 Å². The van der Waals surface area contributed by atoms with E-state index in [0.29, 0.717) is 42.6 Å². The number of hydrogen-bond donors (Lipinski definition) is 2. The van der Waals surface area contributed by atoms with Gasteiger partial charge in [-0.2, -0.15) is 4.98 Å². The number of rotatable bonds is 9. The molecule has 0 unspecified atom stereocenters. The van der Waals surface area contributed by atoms with Gasteiger partial charge in [0.2, 0.25) is 10.0 Å². The van der Waals surface area contributed by atoms with E-state index < -0.39 is 16.1 Å². The van der Waals surface area contributed by atoms with E-state index in [1.807, 2.05) is 19.1 Å². The normalized spacial score (nSPS) is 15.7. The van der Waals surface area contributed by atoms with Crippen molar-refractivity contribution in [1.29, 1.82) is 0 Å². The van der Waals surface area contributed by atoms with E-state index in [1.165, 1.54) is 4.90 Å². The van der Waals surface area contributed by atoms with Gasteiger partial charge in [-0.1, -0.05) is 16.8 Å². The fourth-order valence-corrected chi connectivity index (χ4v) is 4.46. The van der Waals surface area contributed by atoms with Gasteiger partial charge in [0.1, 0.15) is 0 Å². The molecule has 3 rings (SSSR count). The van der Waals surface area contributed by atoms with Crippen LogP contribution in [-0.4, -0.2) is 73.1 Å². The second-order valence-corrected chi connectivity index (χ2v) is 10.2. The van der Waals surface area contributed by atoms with E-state index in [9.17, 15) is 18.3 Å². The monoisotopic (exact) mass is 465 g/mol. The van der Waals surface area contributed by atoms with Crippen molar-refractivity contribution in [3.8, 4) is 11.5 Å². The summed E-state index contributed by atoms with van der Waals surface area (Å²) in [6.45, 7) is 8.27. The molecule has 1 aliphatic rings. The fourth-order valence-electron chi connectivity index (χ4n) is 3.85. The van der Waals surface area contributed by atoms with Crippen LogP contribution in [0.2, 0.25) is 0 Å². The first-order valence-corrected chi connectivity index (χ1v) is 12.4. The largest absolute Gasteiger partial charge is 0.465 e. The minimum Gasteiger partial charge on any atom is -0.465 e. The number of hydrogen-bond acceptors (Lipinski definition) is 7. The first kappa shape index (κ1) is 24.1. The number of nitrogens with one attached hydrogen (secondary N) is 1. The molecule has 2 heterocycles. The first-order valence-electron chi connectivity index (χ1n) is 10.8. The molecule has 0 spiro atoms. The van der Waals surface area contributed by atoms with Crippen molar-refractivity contribution < 1.29 is 22.8 Å². The van der Waals surface area contributed by atoms with Crippen molar-refractivity contribution in [2.24, 2.45) is 5.92 Å².